The van der Waals surface area contributed by atoms with Gasteiger partial charge in [0.05, 0.1) is 12.3 Å². The maximum Gasteiger partial charge on any atom is 0.142 e. The number of hydrogen-bond donors (Lipinski definition) is 1. The average Bonchev–Trinajstić information content (AvgIpc) is 2.28. The van der Waals surface area contributed by atoms with Crippen LogP contribution in [0.3, 0.4) is 0 Å². The first-order valence-electron chi connectivity index (χ1n) is 6.88. The zero-order valence-corrected chi connectivity index (χ0v) is 12.0. The molecule has 2 nitrogen and oxygen atoms in total. The van der Waals surface area contributed by atoms with Crippen molar-refractivity contribution in [2.45, 2.75) is 45.6 Å². The third-order valence-corrected chi connectivity index (χ3v) is 3.79. The predicted molar refractivity (Wildman–Crippen MR) is 77.7 cm³/mol. The Morgan fingerprint density at radius 3 is 2.83 bits per heavy atom. The van der Waals surface area contributed by atoms with E-state index in [1.54, 1.807) is 0 Å². The van der Waals surface area contributed by atoms with E-state index in [1.807, 2.05) is 25.1 Å². The van der Waals surface area contributed by atoms with Crippen LogP contribution in [0.25, 0.3) is 0 Å². The van der Waals surface area contributed by atoms with Crippen LogP contribution in [0, 0.1) is 5.92 Å². The zero-order chi connectivity index (χ0) is 13.0. The second kappa shape index (κ2) is 6.33. The van der Waals surface area contributed by atoms with E-state index in [0.29, 0.717) is 12.6 Å². The first-order valence-corrected chi connectivity index (χ1v) is 7.25. The minimum atomic E-state index is 0.466. The second-order valence-electron chi connectivity index (χ2n) is 5.15. The molecule has 0 aromatic heterocycles. The van der Waals surface area contributed by atoms with Crippen molar-refractivity contribution < 1.29 is 4.74 Å². The van der Waals surface area contributed by atoms with E-state index in [0.717, 1.165) is 22.4 Å². The third kappa shape index (κ3) is 3.55. The molecular weight excluding hydrogens is 246 g/mol. The molecule has 1 aliphatic rings. The zero-order valence-electron chi connectivity index (χ0n) is 11.2. The molecule has 0 spiro atoms. The Bertz CT molecular complexity index is 390. The van der Waals surface area contributed by atoms with Gasteiger partial charge in [0.1, 0.15) is 5.75 Å². The number of hydrogen-bond acceptors (Lipinski definition) is 2. The summed E-state index contributed by atoms with van der Waals surface area (Å²) in [7, 11) is 0. The predicted octanol–water partition coefficient (Wildman–Crippen LogP) is 4.73. The molecule has 3 heteroatoms. The van der Waals surface area contributed by atoms with Gasteiger partial charge >= 0.3 is 0 Å². The van der Waals surface area contributed by atoms with Crippen LogP contribution in [-0.2, 0) is 0 Å². The van der Waals surface area contributed by atoms with Gasteiger partial charge in [-0.25, -0.2) is 0 Å². The average molecular weight is 268 g/mol. The molecule has 0 bridgehead atoms. The van der Waals surface area contributed by atoms with Crippen LogP contribution in [0.4, 0.5) is 5.69 Å². The summed E-state index contributed by atoms with van der Waals surface area (Å²) >= 11 is 6.05. The number of benzene rings is 1. The quantitative estimate of drug-likeness (QED) is 0.805. The summed E-state index contributed by atoms with van der Waals surface area (Å²) in [5, 5.41) is 4.27. The van der Waals surface area contributed by atoms with Crippen molar-refractivity contribution in [2.75, 3.05) is 11.9 Å². The molecule has 2 rings (SSSR count). The van der Waals surface area contributed by atoms with E-state index in [2.05, 4.69) is 12.2 Å². The molecule has 1 N–H and O–H groups in total. The van der Waals surface area contributed by atoms with E-state index in [-0.39, 0.29) is 0 Å². The van der Waals surface area contributed by atoms with Crippen LogP contribution >= 0.6 is 11.6 Å². The number of nitrogens with one attached hydrogen (secondary N) is 1. The SMILES string of the molecule is CCOc1ccc(Cl)cc1NC(C)CC1CCC1. The minimum Gasteiger partial charge on any atom is -0.492 e. The lowest BCUT2D eigenvalue weighted by atomic mass is 9.81. The number of rotatable bonds is 6. The molecule has 1 fully saturated rings. The Balaban J connectivity index is 1.98. The highest BCUT2D eigenvalue weighted by molar-refractivity contribution is 6.30. The highest BCUT2D eigenvalue weighted by Crippen LogP contribution is 2.33. The fourth-order valence-corrected chi connectivity index (χ4v) is 2.62. The van der Waals surface area contributed by atoms with Gasteiger partial charge in [-0.2, -0.15) is 0 Å². The summed E-state index contributed by atoms with van der Waals surface area (Å²) in [6.07, 6.45) is 5.41. The van der Waals surface area contributed by atoms with Crippen LogP contribution in [0.1, 0.15) is 39.5 Å². The third-order valence-electron chi connectivity index (χ3n) is 3.55. The van der Waals surface area contributed by atoms with Crippen molar-refractivity contribution in [3.8, 4) is 5.75 Å². The summed E-state index contributed by atoms with van der Waals surface area (Å²) in [6, 6.07) is 6.22. The maximum absolute atomic E-state index is 6.05. The van der Waals surface area contributed by atoms with Crippen molar-refractivity contribution in [3.05, 3.63) is 23.2 Å². The Kier molecular flexibility index (Phi) is 4.76. The smallest absolute Gasteiger partial charge is 0.142 e. The Morgan fingerprint density at radius 1 is 1.44 bits per heavy atom. The van der Waals surface area contributed by atoms with Gasteiger partial charge in [0.15, 0.2) is 0 Å². The van der Waals surface area contributed by atoms with Crippen molar-refractivity contribution >= 4 is 17.3 Å². The molecule has 0 aliphatic heterocycles. The molecular formula is C15H22ClNO. The molecule has 0 radical (unpaired) electrons. The number of halogens is 1. The molecule has 0 heterocycles. The lowest BCUT2D eigenvalue weighted by Crippen LogP contribution is -2.23. The fraction of sp³-hybridized carbons (Fsp3) is 0.600. The highest BCUT2D eigenvalue weighted by Gasteiger charge is 2.20. The topological polar surface area (TPSA) is 21.3 Å². The molecule has 0 amide bonds. The van der Waals surface area contributed by atoms with E-state index < -0.39 is 0 Å². The van der Waals surface area contributed by atoms with Gasteiger partial charge in [0.25, 0.3) is 0 Å². The van der Waals surface area contributed by atoms with Crippen LogP contribution < -0.4 is 10.1 Å². The fourth-order valence-electron chi connectivity index (χ4n) is 2.45. The van der Waals surface area contributed by atoms with Crippen molar-refractivity contribution in [1.82, 2.24) is 0 Å². The van der Waals surface area contributed by atoms with Gasteiger partial charge in [0.2, 0.25) is 0 Å². The largest absolute Gasteiger partial charge is 0.492 e. The van der Waals surface area contributed by atoms with Gasteiger partial charge in [-0.1, -0.05) is 30.9 Å². The van der Waals surface area contributed by atoms with E-state index in [4.69, 9.17) is 16.3 Å². The molecule has 0 saturated heterocycles. The minimum absolute atomic E-state index is 0.466. The molecule has 18 heavy (non-hydrogen) atoms. The molecule has 1 saturated carbocycles. The first kappa shape index (κ1) is 13.5. The van der Waals surface area contributed by atoms with Crippen LogP contribution in [-0.4, -0.2) is 12.6 Å². The summed E-state index contributed by atoms with van der Waals surface area (Å²) in [6.45, 7) is 4.90. The summed E-state index contributed by atoms with van der Waals surface area (Å²) in [5.41, 5.74) is 1.01. The molecule has 1 unspecified atom stereocenters. The van der Waals surface area contributed by atoms with Gasteiger partial charge in [-0.05, 0) is 44.4 Å². The number of anilines is 1. The Hall–Kier alpha value is -0.890. The summed E-state index contributed by atoms with van der Waals surface area (Å²) in [5.74, 6) is 1.80. The monoisotopic (exact) mass is 267 g/mol. The van der Waals surface area contributed by atoms with Crippen LogP contribution in [0.2, 0.25) is 5.02 Å². The van der Waals surface area contributed by atoms with Gasteiger partial charge in [0, 0.05) is 11.1 Å². The number of ether oxygens (including phenoxy) is 1. The van der Waals surface area contributed by atoms with Crippen molar-refractivity contribution in [3.63, 3.8) is 0 Å². The molecule has 1 aliphatic carbocycles. The second-order valence-corrected chi connectivity index (χ2v) is 5.59. The summed E-state index contributed by atoms with van der Waals surface area (Å²) < 4.78 is 5.62. The Labute approximate surface area is 115 Å². The molecule has 100 valence electrons. The normalized spacial score (nSPS) is 17.1. The van der Waals surface area contributed by atoms with Crippen molar-refractivity contribution in [1.29, 1.82) is 0 Å². The van der Waals surface area contributed by atoms with Gasteiger partial charge in [-0.15, -0.1) is 0 Å². The lowest BCUT2D eigenvalue weighted by Gasteiger charge is -2.29. The highest BCUT2D eigenvalue weighted by atomic mass is 35.5. The van der Waals surface area contributed by atoms with Crippen LogP contribution in [0.5, 0.6) is 5.75 Å². The van der Waals surface area contributed by atoms with E-state index in [9.17, 15) is 0 Å². The van der Waals surface area contributed by atoms with Gasteiger partial charge < -0.3 is 10.1 Å². The lowest BCUT2D eigenvalue weighted by molar-refractivity contribution is 0.285. The Morgan fingerprint density at radius 2 is 2.22 bits per heavy atom. The summed E-state index contributed by atoms with van der Waals surface area (Å²) in [4.78, 5) is 0. The molecule has 1 atom stereocenters. The first-order chi connectivity index (χ1) is 8.69. The maximum atomic E-state index is 6.05. The molecule has 1 aromatic carbocycles. The van der Waals surface area contributed by atoms with Crippen molar-refractivity contribution in [2.24, 2.45) is 5.92 Å². The molecule has 1 aromatic rings. The van der Waals surface area contributed by atoms with Crippen LogP contribution in [0.15, 0.2) is 18.2 Å². The van der Waals surface area contributed by atoms with E-state index in [1.165, 1.54) is 25.7 Å². The van der Waals surface area contributed by atoms with Gasteiger partial charge in [-0.3, -0.25) is 0 Å². The standard InChI is InChI=1S/C15H22ClNO/c1-3-18-15-8-7-13(16)10-14(15)17-11(2)9-12-5-4-6-12/h7-8,10-12,17H,3-6,9H2,1-2H3. The van der Waals surface area contributed by atoms with E-state index >= 15 is 0 Å².